The molecule has 1 aromatic carbocycles. The van der Waals surface area contributed by atoms with Crippen molar-refractivity contribution >= 4 is 0 Å². The molecule has 2 rings (SSSR count). The molecule has 148 valence electrons. The standard InChI is InChI=1S/C23H39NO2/c1-21(2,3)18-9-7-17(8-10-18)20(26)11-12-24-16-23(6)14-19(25)13-22(4,5)15-23/h7-10,19-20,24-26H,11-16H2,1-6H3. The van der Waals surface area contributed by atoms with Gasteiger partial charge in [-0.3, -0.25) is 0 Å². The van der Waals surface area contributed by atoms with Crippen LogP contribution in [0.5, 0.6) is 0 Å². The number of hydrogen-bond donors (Lipinski definition) is 3. The van der Waals surface area contributed by atoms with Crippen molar-refractivity contribution in [3.8, 4) is 0 Å². The van der Waals surface area contributed by atoms with Crippen molar-refractivity contribution in [2.45, 2.75) is 84.8 Å². The Hall–Kier alpha value is -0.900. The minimum atomic E-state index is -0.433. The van der Waals surface area contributed by atoms with Crippen LogP contribution in [0.15, 0.2) is 24.3 Å². The first kappa shape index (κ1) is 21.4. The van der Waals surface area contributed by atoms with Crippen LogP contribution < -0.4 is 5.32 Å². The van der Waals surface area contributed by atoms with E-state index in [1.54, 1.807) is 0 Å². The fraction of sp³-hybridized carbons (Fsp3) is 0.739. The average Bonchev–Trinajstić information content (AvgIpc) is 2.48. The van der Waals surface area contributed by atoms with E-state index in [-0.39, 0.29) is 22.3 Å². The first-order chi connectivity index (χ1) is 11.9. The maximum atomic E-state index is 10.5. The summed E-state index contributed by atoms with van der Waals surface area (Å²) in [7, 11) is 0. The second kappa shape index (κ2) is 8.00. The summed E-state index contributed by atoms with van der Waals surface area (Å²) in [5.74, 6) is 0. The van der Waals surface area contributed by atoms with Gasteiger partial charge in [-0.2, -0.15) is 0 Å². The summed E-state index contributed by atoms with van der Waals surface area (Å²) in [6.45, 7) is 15.0. The second-order valence-corrected chi connectivity index (χ2v) is 10.6. The van der Waals surface area contributed by atoms with E-state index in [1.165, 1.54) is 5.56 Å². The minimum Gasteiger partial charge on any atom is -0.393 e. The van der Waals surface area contributed by atoms with Gasteiger partial charge in [-0.15, -0.1) is 0 Å². The fourth-order valence-corrected chi connectivity index (χ4v) is 4.71. The molecule has 3 unspecified atom stereocenters. The van der Waals surface area contributed by atoms with E-state index in [4.69, 9.17) is 0 Å². The number of rotatable bonds is 6. The minimum absolute atomic E-state index is 0.125. The molecule has 1 aliphatic carbocycles. The van der Waals surface area contributed by atoms with Crippen LogP contribution >= 0.6 is 0 Å². The van der Waals surface area contributed by atoms with Gasteiger partial charge in [0.15, 0.2) is 0 Å². The Bertz CT molecular complexity index is 573. The largest absolute Gasteiger partial charge is 0.393 e. The van der Waals surface area contributed by atoms with Gasteiger partial charge in [-0.05, 0) is 59.6 Å². The first-order valence-electron chi connectivity index (χ1n) is 10.1. The summed E-state index contributed by atoms with van der Waals surface area (Å²) in [6.07, 6.45) is 2.96. The smallest absolute Gasteiger partial charge is 0.0802 e. The van der Waals surface area contributed by atoms with Gasteiger partial charge in [0.05, 0.1) is 12.2 Å². The molecule has 0 heterocycles. The van der Waals surface area contributed by atoms with Gasteiger partial charge in [0.2, 0.25) is 0 Å². The van der Waals surface area contributed by atoms with E-state index >= 15 is 0 Å². The Morgan fingerprint density at radius 3 is 2.27 bits per heavy atom. The number of hydrogen-bond acceptors (Lipinski definition) is 3. The molecule has 26 heavy (non-hydrogen) atoms. The van der Waals surface area contributed by atoms with Crippen molar-refractivity contribution in [1.29, 1.82) is 0 Å². The van der Waals surface area contributed by atoms with Crippen molar-refractivity contribution in [2.24, 2.45) is 10.8 Å². The molecule has 1 aliphatic rings. The summed E-state index contributed by atoms with van der Waals surface area (Å²) in [6, 6.07) is 8.34. The third kappa shape index (κ3) is 6.07. The quantitative estimate of drug-likeness (QED) is 0.650. The Labute approximate surface area is 160 Å². The zero-order valence-electron chi connectivity index (χ0n) is 17.6. The molecule has 3 nitrogen and oxygen atoms in total. The fourth-order valence-electron chi connectivity index (χ4n) is 4.71. The number of benzene rings is 1. The lowest BCUT2D eigenvalue weighted by molar-refractivity contribution is -0.00894. The lowest BCUT2D eigenvalue weighted by Crippen LogP contribution is -2.44. The highest BCUT2D eigenvalue weighted by molar-refractivity contribution is 5.28. The highest BCUT2D eigenvalue weighted by Gasteiger charge is 2.40. The molecule has 3 heteroatoms. The van der Waals surface area contributed by atoms with Gasteiger partial charge in [0.25, 0.3) is 0 Å². The molecule has 3 N–H and O–H groups in total. The van der Waals surface area contributed by atoms with Crippen molar-refractivity contribution in [1.82, 2.24) is 5.32 Å². The number of nitrogens with one attached hydrogen (secondary N) is 1. The molecule has 1 aromatic rings. The van der Waals surface area contributed by atoms with E-state index in [0.29, 0.717) is 6.42 Å². The Kier molecular flexibility index (Phi) is 6.58. The zero-order chi connectivity index (χ0) is 19.6. The van der Waals surface area contributed by atoms with Crippen LogP contribution in [0.2, 0.25) is 0 Å². The Morgan fingerprint density at radius 1 is 1.12 bits per heavy atom. The highest BCUT2D eigenvalue weighted by atomic mass is 16.3. The zero-order valence-corrected chi connectivity index (χ0v) is 17.6. The molecule has 0 spiro atoms. The van der Waals surface area contributed by atoms with Crippen LogP contribution in [0.1, 0.15) is 84.5 Å². The van der Waals surface area contributed by atoms with E-state index in [0.717, 1.165) is 37.9 Å². The average molecular weight is 362 g/mol. The van der Waals surface area contributed by atoms with Crippen molar-refractivity contribution < 1.29 is 10.2 Å². The van der Waals surface area contributed by atoms with Gasteiger partial charge < -0.3 is 15.5 Å². The Morgan fingerprint density at radius 2 is 1.73 bits per heavy atom. The summed E-state index contributed by atoms with van der Waals surface area (Å²) in [5, 5.41) is 24.2. The molecule has 3 atom stereocenters. The van der Waals surface area contributed by atoms with Gasteiger partial charge in [-0.1, -0.05) is 65.8 Å². The molecule has 0 bridgehead atoms. The second-order valence-electron chi connectivity index (χ2n) is 10.6. The highest BCUT2D eigenvalue weighted by Crippen LogP contribution is 2.45. The van der Waals surface area contributed by atoms with Crippen LogP contribution in [0.3, 0.4) is 0 Å². The maximum absolute atomic E-state index is 10.5. The van der Waals surface area contributed by atoms with Crippen LogP contribution in [0, 0.1) is 10.8 Å². The maximum Gasteiger partial charge on any atom is 0.0802 e. The third-order valence-electron chi connectivity index (χ3n) is 5.73. The molecule has 0 aliphatic heterocycles. The molecule has 0 radical (unpaired) electrons. The molecule has 0 saturated heterocycles. The van der Waals surface area contributed by atoms with Gasteiger partial charge in [0, 0.05) is 6.54 Å². The normalized spacial score (nSPS) is 27.3. The summed E-state index contributed by atoms with van der Waals surface area (Å²) < 4.78 is 0. The predicted octanol–water partition coefficient (Wildman–Crippen LogP) is 4.57. The molecular formula is C23H39NO2. The molecule has 1 fully saturated rings. The summed E-state index contributed by atoms with van der Waals surface area (Å²) >= 11 is 0. The van der Waals surface area contributed by atoms with Crippen LogP contribution in [-0.4, -0.2) is 29.4 Å². The lowest BCUT2D eigenvalue weighted by atomic mass is 9.63. The van der Waals surface area contributed by atoms with Crippen molar-refractivity contribution in [3.63, 3.8) is 0 Å². The van der Waals surface area contributed by atoms with E-state index in [2.05, 4.69) is 59.0 Å². The van der Waals surface area contributed by atoms with E-state index in [9.17, 15) is 10.2 Å². The molecular weight excluding hydrogens is 322 g/mol. The molecule has 0 aromatic heterocycles. The predicted molar refractivity (Wildman–Crippen MR) is 109 cm³/mol. The Balaban J connectivity index is 1.80. The summed E-state index contributed by atoms with van der Waals surface area (Å²) in [5.41, 5.74) is 2.74. The van der Waals surface area contributed by atoms with Crippen LogP contribution in [0.25, 0.3) is 0 Å². The van der Waals surface area contributed by atoms with Gasteiger partial charge in [-0.25, -0.2) is 0 Å². The van der Waals surface area contributed by atoms with E-state index in [1.807, 2.05) is 12.1 Å². The van der Waals surface area contributed by atoms with E-state index < -0.39 is 6.10 Å². The van der Waals surface area contributed by atoms with Crippen LogP contribution in [0.4, 0.5) is 0 Å². The monoisotopic (exact) mass is 361 g/mol. The lowest BCUT2D eigenvalue weighted by Gasteiger charge is -2.45. The van der Waals surface area contributed by atoms with Crippen LogP contribution in [-0.2, 0) is 5.41 Å². The van der Waals surface area contributed by atoms with Crippen molar-refractivity contribution in [3.05, 3.63) is 35.4 Å². The molecule has 1 saturated carbocycles. The number of aliphatic hydroxyl groups is 2. The molecule has 0 amide bonds. The topological polar surface area (TPSA) is 52.5 Å². The van der Waals surface area contributed by atoms with Crippen molar-refractivity contribution in [2.75, 3.05) is 13.1 Å². The first-order valence-corrected chi connectivity index (χ1v) is 10.1. The number of aliphatic hydroxyl groups excluding tert-OH is 2. The third-order valence-corrected chi connectivity index (χ3v) is 5.73. The van der Waals surface area contributed by atoms with Gasteiger partial charge >= 0.3 is 0 Å². The summed E-state index contributed by atoms with van der Waals surface area (Å²) in [4.78, 5) is 0. The SMILES string of the molecule is CC1(C)CC(O)CC(C)(CNCCC(O)c2ccc(C(C)(C)C)cc2)C1. The van der Waals surface area contributed by atoms with Gasteiger partial charge in [0.1, 0.15) is 0 Å².